The van der Waals surface area contributed by atoms with Crippen LogP contribution in [0.15, 0.2) is 35.6 Å². The smallest absolute Gasteiger partial charge is 0.139 e. The summed E-state index contributed by atoms with van der Waals surface area (Å²) in [5.74, 6) is 0.901. The van der Waals surface area contributed by atoms with Crippen LogP contribution in [0.1, 0.15) is 13.3 Å². The van der Waals surface area contributed by atoms with Gasteiger partial charge in [-0.1, -0.05) is 12.2 Å². The molecule has 0 aromatic rings. The molecule has 0 amide bonds. The van der Waals surface area contributed by atoms with Gasteiger partial charge < -0.3 is 4.74 Å². The van der Waals surface area contributed by atoms with Gasteiger partial charge >= 0.3 is 0 Å². The third kappa shape index (κ3) is 2.55. The van der Waals surface area contributed by atoms with Gasteiger partial charge in [0.25, 0.3) is 0 Å². The topological polar surface area (TPSA) is 21.3 Å². The number of rotatable bonds is 3. The van der Waals surface area contributed by atoms with E-state index in [9.17, 15) is 0 Å². The maximum Gasteiger partial charge on any atom is 0.139 e. The van der Waals surface area contributed by atoms with Crippen LogP contribution in [0.4, 0.5) is 0 Å². The molecular weight excluding hydrogens is 150 g/mol. The Kier molecular flexibility index (Phi) is 3.11. The van der Waals surface area contributed by atoms with E-state index in [0.29, 0.717) is 6.73 Å². The number of hydrogen-bond donors (Lipinski definition) is 1. The van der Waals surface area contributed by atoms with Crippen LogP contribution in [0, 0.1) is 0 Å². The highest BCUT2D eigenvalue weighted by Crippen LogP contribution is 2.20. The van der Waals surface area contributed by atoms with Gasteiger partial charge in [0, 0.05) is 0 Å². The molecule has 1 N–H and O–H groups in total. The first-order chi connectivity index (χ1) is 5.72. The van der Waals surface area contributed by atoms with Gasteiger partial charge in [-0.15, -0.1) is 0 Å². The first-order valence-corrected chi connectivity index (χ1v) is 4.06. The molecule has 0 saturated heterocycles. The Morgan fingerprint density at radius 2 is 2.33 bits per heavy atom. The summed E-state index contributed by atoms with van der Waals surface area (Å²) in [4.78, 5) is 0. The molecular formula is C10H15NO. The van der Waals surface area contributed by atoms with Crippen molar-refractivity contribution in [3.05, 3.63) is 35.6 Å². The van der Waals surface area contributed by atoms with E-state index < -0.39 is 0 Å². The van der Waals surface area contributed by atoms with Gasteiger partial charge in [-0.2, -0.15) is 0 Å². The van der Waals surface area contributed by atoms with E-state index in [1.165, 1.54) is 5.57 Å². The first-order valence-electron chi connectivity index (χ1n) is 4.06. The summed E-state index contributed by atoms with van der Waals surface area (Å²) in [6.45, 7) is 6.53. The zero-order valence-electron chi connectivity index (χ0n) is 7.68. The van der Waals surface area contributed by atoms with Crippen molar-refractivity contribution in [2.75, 3.05) is 13.8 Å². The van der Waals surface area contributed by atoms with Gasteiger partial charge in [0.2, 0.25) is 0 Å². The highest BCUT2D eigenvalue weighted by molar-refractivity contribution is 5.35. The zero-order chi connectivity index (χ0) is 8.97. The maximum atomic E-state index is 5.39. The third-order valence-electron chi connectivity index (χ3n) is 1.62. The lowest BCUT2D eigenvalue weighted by Crippen LogP contribution is -2.11. The molecule has 0 bridgehead atoms. The zero-order valence-corrected chi connectivity index (χ0v) is 7.68. The molecule has 66 valence electrons. The lowest BCUT2D eigenvalue weighted by Gasteiger charge is -2.13. The minimum absolute atomic E-state index is 0.545. The highest BCUT2D eigenvalue weighted by Gasteiger charge is 2.04. The van der Waals surface area contributed by atoms with Crippen LogP contribution in [0.2, 0.25) is 0 Å². The standard InChI is InChI=1S/C10H15NO/c1-8-4-9(2)6-10(5-8)12-7-11-3/h5-6,11H,1,4,7H2,2-3H3. The molecule has 0 radical (unpaired) electrons. The van der Waals surface area contributed by atoms with Crippen LogP contribution < -0.4 is 5.32 Å². The van der Waals surface area contributed by atoms with Gasteiger partial charge in [-0.25, -0.2) is 0 Å². The molecule has 2 heteroatoms. The van der Waals surface area contributed by atoms with Crippen molar-refractivity contribution in [1.29, 1.82) is 0 Å². The Labute approximate surface area is 73.6 Å². The number of hydrogen-bond acceptors (Lipinski definition) is 2. The Morgan fingerprint density at radius 3 is 2.92 bits per heavy atom. The average molecular weight is 165 g/mol. The number of nitrogens with one attached hydrogen (secondary N) is 1. The van der Waals surface area contributed by atoms with E-state index in [1.807, 2.05) is 19.2 Å². The minimum Gasteiger partial charge on any atom is -0.478 e. The van der Waals surface area contributed by atoms with Crippen LogP contribution in [0.25, 0.3) is 0 Å². The lowest BCUT2D eigenvalue weighted by molar-refractivity contribution is 0.206. The van der Waals surface area contributed by atoms with Crippen molar-refractivity contribution < 1.29 is 4.74 Å². The Bertz CT molecular complexity index is 238. The van der Waals surface area contributed by atoms with Crippen LogP contribution in [0.5, 0.6) is 0 Å². The fraction of sp³-hybridized carbons (Fsp3) is 0.400. The molecule has 0 aliphatic heterocycles. The maximum absolute atomic E-state index is 5.39. The van der Waals surface area contributed by atoms with E-state index in [0.717, 1.165) is 17.8 Å². The molecule has 0 fully saturated rings. The van der Waals surface area contributed by atoms with Crippen molar-refractivity contribution in [2.24, 2.45) is 0 Å². The normalized spacial score (nSPS) is 17.0. The first kappa shape index (κ1) is 9.07. The SMILES string of the molecule is C=C1C=C(OCNC)C=C(C)C1. The summed E-state index contributed by atoms with van der Waals surface area (Å²) in [5, 5.41) is 2.92. The second-order valence-corrected chi connectivity index (χ2v) is 3.01. The third-order valence-corrected chi connectivity index (χ3v) is 1.62. The summed E-state index contributed by atoms with van der Waals surface area (Å²) in [5.41, 5.74) is 2.41. The van der Waals surface area contributed by atoms with Gasteiger partial charge in [0.05, 0.1) is 0 Å². The van der Waals surface area contributed by atoms with Crippen molar-refractivity contribution in [2.45, 2.75) is 13.3 Å². The second kappa shape index (κ2) is 4.12. The van der Waals surface area contributed by atoms with Gasteiger partial charge in [0.15, 0.2) is 0 Å². The Morgan fingerprint density at radius 1 is 1.58 bits per heavy atom. The monoisotopic (exact) mass is 165 g/mol. The molecule has 12 heavy (non-hydrogen) atoms. The Balaban J connectivity index is 2.57. The molecule has 1 rings (SSSR count). The molecule has 1 aliphatic rings. The Hall–Kier alpha value is -1.02. The van der Waals surface area contributed by atoms with E-state index in [4.69, 9.17) is 4.74 Å². The quantitative estimate of drug-likeness (QED) is 0.645. The van der Waals surface area contributed by atoms with Crippen LogP contribution in [-0.4, -0.2) is 13.8 Å². The van der Waals surface area contributed by atoms with Crippen molar-refractivity contribution in [3.8, 4) is 0 Å². The van der Waals surface area contributed by atoms with Gasteiger partial charge in [-0.05, 0) is 38.1 Å². The molecule has 0 saturated carbocycles. The average Bonchev–Trinajstić information content (AvgIpc) is 1.99. The van der Waals surface area contributed by atoms with Crippen molar-refractivity contribution >= 4 is 0 Å². The van der Waals surface area contributed by atoms with E-state index in [-0.39, 0.29) is 0 Å². The van der Waals surface area contributed by atoms with Crippen molar-refractivity contribution in [3.63, 3.8) is 0 Å². The summed E-state index contributed by atoms with van der Waals surface area (Å²) in [6, 6.07) is 0. The largest absolute Gasteiger partial charge is 0.478 e. The molecule has 1 aliphatic carbocycles. The fourth-order valence-electron chi connectivity index (χ4n) is 1.18. The summed E-state index contributed by atoms with van der Waals surface area (Å²) >= 11 is 0. The summed E-state index contributed by atoms with van der Waals surface area (Å²) in [6.07, 6.45) is 4.99. The van der Waals surface area contributed by atoms with E-state index in [1.54, 1.807) is 0 Å². The second-order valence-electron chi connectivity index (χ2n) is 3.01. The molecule has 0 unspecified atom stereocenters. The molecule has 0 aromatic heterocycles. The minimum atomic E-state index is 0.545. The van der Waals surface area contributed by atoms with Gasteiger partial charge in [0.1, 0.15) is 12.5 Å². The van der Waals surface area contributed by atoms with E-state index >= 15 is 0 Å². The molecule has 0 spiro atoms. The van der Waals surface area contributed by atoms with Crippen molar-refractivity contribution in [1.82, 2.24) is 5.32 Å². The molecule has 0 atom stereocenters. The van der Waals surface area contributed by atoms with Gasteiger partial charge in [-0.3, -0.25) is 5.32 Å². The molecule has 0 heterocycles. The number of ether oxygens (including phenoxy) is 1. The van der Waals surface area contributed by atoms with E-state index in [2.05, 4.69) is 18.8 Å². The predicted octanol–water partition coefficient (Wildman–Crippen LogP) is 1.97. The van der Waals surface area contributed by atoms with Crippen LogP contribution in [0.3, 0.4) is 0 Å². The number of allylic oxidation sites excluding steroid dienone is 4. The predicted molar refractivity (Wildman–Crippen MR) is 50.6 cm³/mol. The summed E-state index contributed by atoms with van der Waals surface area (Å²) in [7, 11) is 1.86. The molecule has 2 nitrogen and oxygen atoms in total. The van der Waals surface area contributed by atoms with Crippen LogP contribution in [-0.2, 0) is 4.74 Å². The highest BCUT2D eigenvalue weighted by atomic mass is 16.5. The lowest BCUT2D eigenvalue weighted by atomic mass is 10.0. The summed E-state index contributed by atoms with van der Waals surface area (Å²) < 4.78 is 5.39. The fourth-order valence-corrected chi connectivity index (χ4v) is 1.18. The molecule has 0 aromatic carbocycles. The van der Waals surface area contributed by atoms with Crippen LogP contribution >= 0.6 is 0 Å².